The summed E-state index contributed by atoms with van der Waals surface area (Å²) >= 11 is 0. The third-order valence-corrected chi connectivity index (χ3v) is 4.97. The molecule has 0 unspecified atom stereocenters. The summed E-state index contributed by atoms with van der Waals surface area (Å²) in [5.41, 5.74) is 15.8. The SMILES string of the molecule is CC(C)N.CC(C)N.Cc1ccc2ccccc2c1-c1c(C(C)C)ccc2ccccc12. The van der Waals surface area contributed by atoms with Crippen molar-refractivity contribution in [3.8, 4) is 11.1 Å². The fourth-order valence-electron chi connectivity index (χ4n) is 3.76. The highest BCUT2D eigenvalue weighted by molar-refractivity contribution is 6.07. The lowest BCUT2D eigenvalue weighted by Gasteiger charge is -2.19. The molecule has 0 radical (unpaired) electrons. The Labute approximate surface area is 194 Å². The van der Waals surface area contributed by atoms with E-state index >= 15 is 0 Å². The molecule has 0 fully saturated rings. The zero-order valence-electron chi connectivity index (χ0n) is 20.8. The Bertz CT molecular complexity index is 1130. The second-order valence-corrected chi connectivity index (χ2v) is 9.37. The summed E-state index contributed by atoms with van der Waals surface area (Å²) in [6, 6.07) is 27.2. The molecular formula is C30H40N2. The lowest BCUT2D eigenvalue weighted by molar-refractivity contribution is 0.834. The summed E-state index contributed by atoms with van der Waals surface area (Å²) in [5, 5.41) is 5.31. The first-order chi connectivity index (χ1) is 15.1. The van der Waals surface area contributed by atoms with Crippen LogP contribution in [0, 0.1) is 6.92 Å². The van der Waals surface area contributed by atoms with Crippen LogP contribution in [0.4, 0.5) is 0 Å². The molecule has 0 saturated heterocycles. The van der Waals surface area contributed by atoms with Crippen LogP contribution >= 0.6 is 0 Å². The minimum absolute atomic E-state index is 0.333. The van der Waals surface area contributed by atoms with Crippen LogP contribution < -0.4 is 11.5 Å². The molecule has 2 nitrogen and oxygen atoms in total. The molecule has 0 aliphatic rings. The first kappa shape index (κ1) is 25.6. The number of rotatable bonds is 2. The molecule has 0 aromatic heterocycles. The molecule has 0 saturated carbocycles. The van der Waals surface area contributed by atoms with Crippen LogP contribution in [0.3, 0.4) is 0 Å². The Morgan fingerprint density at radius 3 is 1.41 bits per heavy atom. The van der Waals surface area contributed by atoms with E-state index in [2.05, 4.69) is 93.6 Å². The number of benzene rings is 4. The molecule has 4 aromatic carbocycles. The molecule has 0 heterocycles. The molecule has 170 valence electrons. The van der Waals surface area contributed by atoms with Crippen molar-refractivity contribution in [3.05, 3.63) is 83.9 Å². The third kappa shape index (κ3) is 6.66. The van der Waals surface area contributed by atoms with Crippen molar-refractivity contribution in [1.82, 2.24) is 0 Å². The van der Waals surface area contributed by atoms with Crippen LogP contribution in [0.15, 0.2) is 72.8 Å². The average molecular weight is 429 g/mol. The summed E-state index contributed by atoms with van der Waals surface area (Å²) < 4.78 is 0. The first-order valence-electron chi connectivity index (χ1n) is 11.6. The standard InChI is InChI=1S/C24H22.2C3H9N/c1-16(2)20-15-14-19-9-5-7-11-22(19)24(20)23-17(3)12-13-18-8-4-6-10-21(18)23;2*1-3(2)4/h4-16H,1-3H3;2*3H,4H2,1-2H3. The molecule has 0 atom stereocenters. The number of hydrogen-bond donors (Lipinski definition) is 2. The van der Waals surface area contributed by atoms with Crippen LogP contribution in [0.2, 0.25) is 0 Å². The fourth-order valence-corrected chi connectivity index (χ4v) is 3.76. The zero-order valence-corrected chi connectivity index (χ0v) is 20.8. The van der Waals surface area contributed by atoms with Gasteiger partial charge in [0.1, 0.15) is 0 Å². The highest BCUT2D eigenvalue weighted by Gasteiger charge is 2.16. The Balaban J connectivity index is 0.000000395. The number of aryl methyl sites for hydroxylation is 1. The second-order valence-electron chi connectivity index (χ2n) is 9.37. The molecular weight excluding hydrogens is 388 g/mol. The summed E-state index contributed by atoms with van der Waals surface area (Å²) in [4.78, 5) is 0. The molecule has 32 heavy (non-hydrogen) atoms. The highest BCUT2D eigenvalue weighted by atomic mass is 14.6. The van der Waals surface area contributed by atoms with Crippen molar-refractivity contribution < 1.29 is 0 Å². The Hall–Kier alpha value is -2.68. The lowest BCUT2D eigenvalue weighted by Crippen LogP contribution is -2.07. The molecule has 4 aromatic rings. The van der Waals surface area contributed by atoms with E-state index in [4.69, 9.17) is 11.5 Å². The first-order valence-corrected chi connectivity index (χ1v) is 11.6. The van der Waals surface area contributed by atoms with Crippen LogP contribution in [0.1, 0.15) is 58.6 Å². The van der Waals surface area contributed by atoms with Crippen LogP contribution in [-0.4, -0.2) is 12.1 Å². The predicted octanol–water partition coefficient (Wildman–Crippen LogP) is 7.80. The maximum absolute atomic E-state index is 5.11. The van der Waals surface area contributed by atoms with E-state index < -0.39 is 0 Å². The van der Waals surface area contributed by atoms with E-state index in [1.54, 1.807) is 0 Å². The number of fused-ring (bicyclic) bond motifs is 2. The van der Waals surface area contributed by atoms with Gasteiger partial charge < -0.3 is 11.5 Å². The van der Waals surface area contributed by atoms with Gasteiger partial charge in [-0.25, -0.2) is 0 Å². The van der Waals surface area contributed by atoms with E-state index in [1.807, 2.05) is 27.7 Å². The van der Waals surface area contributed by atoms with E-state index in [-0.39, 0.29) is 0 Å². The zero-order chi connectivity index (χ0) is 23.8. The molecule has 0 bridgehead atoms. The maximum Gasteiger partial charge on any atom is -0.00179 e. The number of nitrogens with two attached hydrogens (primary N) is 2. The van der Waals surface area contributed by atoms with E-state index in [0.717, 1.165) is 0 Å². The van der Waals surface area contributed by atoms with Gasteiger partial charge in [-0.3, -0.25) is 0 Å². The van der Waals surface area contributed by atoms with E-state index in [0.29, 0.717) is 18.0 Å². The molecule has 4 N–H and O–H groups in total. The van der Waals surface area contributed by atoms with Gasteiger partial charge in [0, 0.05) is 0 Å². The Kier molecular flexibility index (Phi) is 9.43. The van der Waals surface area contributed by atoms with Gasteiger partial charge in [0.25, 0.3) is 0 Å². The number of hydrogen-bond acceptors (Lipinski definition) is 2. The Morgan fingerprint density at radius 1 is 0.531 bits per heavy atom. The smallest absolute Gasteiger partial charge is 0.00179 e. The van der Waals surface area contributed by atoms with Crippen LogP contribution in [0.5, 0.6) is 0 Å². The Morgan fingerprint density at radius 2 is 0.938 bits per heavy atom. The summed E-state index contributed by atoms with van der Waals surface area (Å²) in [7, 11) is 0. The summed E-state index contributed by atoms with van der Waals surface area (Å²) in [5.74, 6) is 0.489. The van der Waals surface area contributed by atoms with E-state index in [1.165, 1.54) is 43.8 Å². The predicted molar refractivity (Wildman–Crippen MR) is 144 cm³/mol. The largest absolute Gasteiger partial charge is 0.328 e. The van der Waals surface area contributed by atoms with Gasteiger partial charge in [-0.2, -0.15) is 0 Å². The molecule has 0 aliphatic heterocycles. The molecule has 0 spiro atoms. The third-order valence-electron chi connectivity index (χ3n) is 4.97. The quantitative estimate of drug-likeness (QED) is 0.342. The second kappa shape index (κ2) is 11.8. The van der Waals surface area contributed by atoms with Crippen LogP contribution in [-0.2, 0) is 0 Å². The van der Waals surface area contributed by atoms with E-state index in [9.17, 15) is 0 Å². The van der Waals surface area contributed by atoms with Gasteiger partial charge in [0.15, 0.2) is 0 Å². The molecule has 2 heteroatoms. The van der Waals surface area contributed by atoms with Gasteiger partial charge in [-0.1, -0.05) is 114 Å². The van der Waals surface area contributed by atoms with Crippen molar-refractivity contribution in [2.24, 2.45) is 11.5 Å². The topological polar surface area (TPSA) is 52.0 Å². The van der Waals surface area contributed by atoms with Gasteiger partial charge in [0.05, 0.1) is 0 Å². The summed E-state index contributed by atoms with van der Waals surface area (Å²) in [6.07, 6.45) is 0. The van der Waals surface area contributed by atoms with Gasteiger partial charge in [-0.15, -0.1) is 0 Å². The molecule has 4 rings (SSSR count). The van der Waals surface area contributed by atoms with Crippen molar-refractivity contribution in [1.29, 1.82) is 0 Å². The fraction of sp³-hybridized carbons (Fsp3) is 0.333. The van der Waals surface area contributed by atoms with Crippen molar-refractivity contribution in [2.45, 2.75) is 66.5 Å². The van der Waals surface area contributed by atoms with Crippen molar-refractivity contribution >= 4 is 21.5 Å². The van der Waals surface area contributed by atoms with Crippen molar-refractivity contribution in [3.63, 3.8) is 0 Å². The maximum atomic E-state index is 5.11. The molecule has 0 amide bonds. The lowest BCUT2D eigenvalue weighted by atomic mass is 9.84. The average Bonchev–Trinajstić information content (AvgIpc) is 2.72. The molecule has 0 aliphatic carbocycles. The summed E-state index contributed by atoms with van der Waals surface area (Å²) in [6.45, 7) is 14.6. The normalized spacial score (nSPS) is 10.9. The van der Waals surface area contributed by atoms with Gasteiger partial charge in [-0.05, 0) is 68.7 Å². The highest BCUT2D eigenvalue weighted by Crippen LogP contribution is 2.41. The monoisotopic (exact) mass is 428 g/mol. The van der Waals surface area contributed by atoms with Crippen LogP contribution in [0.25, 0.3) is 32.7 Å². The minimum atomic E-state index is 0.333. The van der Waals surface area contributed by atoms with Crippen molar-refractivity contribution in [2.75, 3.05) is 0 Å². The van der Waals surface area contributed by atoms with Gasteiger partial charge in [0.2, 0.25) is 0 Å². The minimum Gasteiger partial charge on any atom is -0.328 e. The van der Waals surface area contributed by atoms with Gasteiger partial charge >= 0.3 is 0 Å².